The molecular formula is C8H5Cl2N3O2S. The molecule has 16 heavy (non-hydrogen) atoms. The van der Waals surface area contributed by atoms with Crippen molar-refractivity contribution in [1.82, 2.24) is 15.2 Å². The number of rotatable bonds is 2. The van der Waals surface area contributed by atoms with Gasteiger partial charge in [0.25, 0.3) is 14.2 Å². The van der Waals surface area contributed by atoms with E-state index < -0.39 is 9.05 Å². The first-order chi connectivity index (χ1) is 7.47. The highest BCUT2D eigenvalue weighted by Gasteiger charge is 2.16. The number of nitrogens with zero attached hydrogens (tertiary/aromatic N) is 2. The number of benzene rings is 1. The molecule has 1 heterocycles. The number of hydrogen-bond donors (Lipinski definition) is 1. The van der Waals surface area contributed by atoms with Gasteiger partial charge in [-0.05, 0) is 12.1 Å². The third-order valence-electron chi connectivity index (χ3n) is 1.78. The van der Waals surface area contributed by atoms with E-state index in [1.54, 1.807) is 24.3 Å². The Balaban J connectivity index is 2.47. The quantitative estimate of drug-likeness (QED) is 0.853. The molecule has 0 amide bonds. The van der Waals surface area contributed by atoms with E-state index in [1.807, 2.05) is 0 Å². The van der Waals surface area contributed by atoms with E-state index in [2.05, 4.69) is 15.2 Å². The van der Waals surface area contributed by atoms with Crippen molar-refractivity contribution < 1.29 is 8.42 Å². The molecule has 0 bridgehead atoms. The molecule has 2 rings (SSSR count). The van der Waals surface area contributed by atoms with E-state index in [1.165, 1.54) is 0 Å². The molecule has 0 radical (unpaired) electrons. The fourth-order valence-corrected chi connectivity index (χ4v) is 1.86. The summed E-state index contributed by atoms with van der Waals surface area (Å²) in [4.78, 5) is 3.75. The molecule has 1 aromatic heterocycles. The summed E-state index contributed by atoms with van der Waals surface area (Å²) >= 11 is 5.78. The largest absolute Gasteiger partial charge is 0.296 e. The Labute approximate surface area is 101 Å². The second-order valence-electron chi connectivity index (χ2n) is 2.91. The van der Waals surface area contributed by atoms with Crippen LogP contribution in [0.3, 0.4) is 0 Å². The van der Waals surface area contributed by atoms with Gasteiger partial charge in [0.1, 0.15) is 0 Å². The molecule has 0 aliphatic carbocycles. The maximum Gasteiger partial charge on any atom is 0.296 e. The van der Waals surface area contributed by atoms with E-state index in [0.29, 0.717) is 10.6 Å². The molecular weight excluding hydrogens is 273 g/mol. The van der Waals surface area contributed by atoms with Crippen LogP contribution < -0.4 is 0 Å². The average molecular weight is 278 g/mol. The van der Waals surface area contributed by atoms with Gasteiger partial charge >= 0.3 is 0 Å². The van der Waals surface area contributed by atoms with Crippen molar-refractivity contribution in [3.63, 3.8) is 0 Å². The zero-order chi connectivity index (χ0) is 11.8. The van der Waals surface area contributed by atoms with Crippen LogP contribution in [0.2, 0.25) is 5.02 Å². The third-order valence-corrected chi connectivity index (χ3v) is 3.10. The lowest BCUT2D eigenvalue weighted by atomic mass is 10.2. The van der Waals surface area contributed by atoms with Gasteiger partial charge in [0, 0.05) is 21.3 Å². The van der Waals surface area contributed by atoms with Crippen LogP contribution in [0.5, 0.6) is 0 Å². The van der Waals surface area contributed by atoms with Crippen molar-refractivity contribution >= 4 is 31.3 Å². The van der Waals surface area contributed by atoms with Crippen LogP contribution in [0.1, 0.15) is 0 Å². The third kappa shape index (κ3) is 2.34. The van der Waals surface area contributed by atoms with Crippen molar-refractivity contribution in [2.75, 3.05) is 0 Å². The number of nitrogens with one attached hydrogen (secondary N) is 1. The Morgan fingerprint density at radius 2 is 2.06 bits per heavy atom. The molecule has 1 aromatic carbocycles. The fourth-order valence-electron chi connectivity index (χ4n) is 1.11. The molecule has 8 heteroatoms. The fraction of sp³-hybridized carbons (Fsp3) is 0. The first kappa shape index (κ1) is 11.4. The zero-order valence-electron chi connectivity index (χ0n) is 7.68. The minimum Gasteiger partial charge on any atom is -0.248 e. The van der Waals surface area contributed by atoms with Gasteiger partial charge in [-0.3, -0.25) is 0 Å². The molecule has 0 aliphatic rings. The summed E-state index contributed by atoms with van der Waals surface area (Å²) in [5.74, 6) is 0.224. The van der Waals surface area contributed by atoms with Crippen molar-refractivity contribution in [2.45, 2.75) is 5.16 Å². The Morgan fingerprint density at radius 3 is 2.62 bits per heavy atom. The number of H-pyrrole nitrogens is 1. The molecule has 1 N–H and O–H groups in total. The molecule has 0 spiro atoms. The van der Waals surface area contributed by atoms with Gasteiger partial charge in [0.15, 0.2) is 5.82 Å². The van der Waals surface area contributed by atoms with Crippen molar-refractivity contribution in [1.29, 1.82) is 0 Å². The number of hydrogen-bond acceptors (Lipinski definition) is 4. The molecule has 0 saturated carbocycles. The maximum atomic E-state index is 11.0. The zero-order valence-corrected chi connectivity index (χ0v) is 10.0. The van der Waals surface area contributed by atoms with Gasteiger partial charge in [-0.25, -0.2) is 13.5 Å². The first-order valence-electron chi connectivity index (χ1n) is 4.10. The van der Waals surface area contributed by atoms with E-state index in [9.17, 15) is 8.42 Å². The lowest BCUT2D eigenvalue weighted by molar-refractivity contribution is 0.602. The van der Waals surface area contributed by atoms with Crippen LogP contribution in [-0.2, 0) is 9.05 Å². The number of aromatic nitrogens is 3. The monoisotopic (exact) mass is 277 g/mol. The van der Waals surface area contributed by atoms with E-state index in [4.69, 9.17) is 22.3 Å². The Kier molecular flexibility index (Phi) is 2.88. The molecule has 84 valence electrons. The highest BCUT2D eigenvalue weighted by Crippen LogP contribution is 2.20. The standard InChI is InChI=1S/C8H5Cl2N3O2S/c9-6-3-1-2-5(4-6)7-11-8(13-12-7)16(10,14)15/h1-4H,(H,11,12,13). The SMILES string of the molecule is O=S(=O)(Cl)c1nc(-c2cccc(Cl)c2)n[nH]1. The normalized spacial score (nSPS) is 11.6. The van der Waals surface area contributed by atoms with Crippen LogP contribution in [-0.4, -0.2) is 23.6 Å². The maximum absolute atomic E-state index is 11.0. The minimum absolute atomic E-state index is 0.224. The molecule has 2 aromatic rings. The van der Waals surface area contributed by atoms with E-state index in [0.717, 1.165) is 0 Å². The second-order valence-corrected chi connectivity index (χ2v) is 5.83. The van der Waals surface area contributed by atoms with Gasteiger partial charge < -0.3 is 0 Å². The lowest BCUT2D eigenvalue weighted by Gasteiger charge is -1.94. The van der Waals surface area contributed by atoms with Crippen LogP contribution >= 0.6 is 22.3 Å². The Bertz CT molecular complexity index is 624. The summed E-state index contributed by atoms with van der Waals surface area (Å²) in [6.07, 6.45) is 0. The van der Waals surface area contributed by atoms with E-state index >= 15 is 0 Å². The molecule has 0 unspecified atom stereocenters. The first-order valence-corrected chi connectivity index (χ1v) is 6.78. The van der Waals surface area contributed by atoms with Crippen molar-refractivity contribution in [2.24, 2.45) is 0 Å². The summed E-state index contributed by atoms with van der Waals surface area (Å²) in [5.41, 5.74) is 0.607. The highest BCUT2D eigenvalue weighted by atomic mass is 35.7. The molecule has 0 aliphatic heterocycles. The van der Waals surface area contributed by atoms with Crippen LogP contribution in [0, 0.1) is 0 Å². The van der Waals surface area contributed by atoms with Gasteiger partial charge in [-0.1, -0.05) is 23.7 Å². The Morgan fingerprint density at radius 1 is 1.31 bits per heavy atom. The van der Waals surface area contributed by atoms with Gasteiger partial charge in [0.2, 0.25) is 0 Å². The summed E-state index contributed by atoms with van der Waals surface area (Å²) in [6, 6.07) is 6.73. The predicted molar refractivity (Wildman–Crippen MR) is 59.9 cm³/mol. The van der Waals surface area contributed by atoms with Crippen molar-refractivity contribution in [3.05, 3.63) is 29.3 Å². The second kappa shape index (κ2) is 4.04. The molecule has 0 atom stereocenters. The van der Waals surface area contributed by atoms with E-state index in [-0.39, 0.29) is 11.0 Å². The van der Waals surface area contributed by atoms with Gasteiger partial charge in [0.05, 0.1) is 0 Å². The summed E-state index contributed by atoms with van der Waals surface area (Å²) in [7, 11) is 1.21. The van der Waals surface area contributed by atoms with Gasteiger partial charge in [-0.2, -0.15) is 10.1 Å². The predicted octanol–water partition coefficient (Wildman–Crippen LogP) is 2.05. The lowest BCUT2D eigenvalue weighted by Crippen LogP contribution is -1.92. The van der Waals surface area contributed by atoms with Crippen molar-refractivity contribution in [3.8, 4) is 11.4 Å². The average Bonchev–Trinajstić information content (AvgIpc) is 2.65. The summed E-state index contributed by atoms with van der Waals surface area (Å²) in [5, 5.41) is 6.10. The molecule has 0 fully saturated rings. The summed E-state index contributed by atoms with van der Waals surface area (Å²) < 4.78 is 21.9. The van der Waals surface area contributed by atoms with Crippen LogP contribution in [0.4, 0.5) is 0 Å². The highest BCUT2D eigenvalue weighted by molar-refractivity contribution is 8.13. The molecule has 5 nitrogen and oxygen atoms in total. The minimum atomic E-state index is -3.89. The van der Waals surface area contributed by atoms with Gasteiger partial charge in [-0.15, -0.1) is 0 Å². The molecule has 0 saturated heterocycles. The number of halogens is 2. The van der Waals surface area contributed by atoms with Crippen LogP contribution in [0.25, 0.3) is 11.4 Å². The summed E-state index contributed by atoms with van der Waals surface area (Å²) in [6.45, 7) is 0. The topological polar surface area (TPSA) is 75.7 Å². The smallest absolute Gasteiger partial charge is 0.248 e. The number of aromatic amines is 1. The van der Waals surface area contributed by atoms with Crippen LogP contribution in [0.15, 0.2) is 29.4 Å². The Hall–Kier alpha value is -1.11.